The van der Waals surface area contributed by atoms with Gasteiger partial charge in [0.05, 0.1) is 4.92 Å². The summed E-state index contributed by atoms with van der Waals surface area (Å²) >= 11 is 12.4. The zero-order valence-corrected chi connectivity index (χ0v) is 21.0. The minimum atomic E-state index is -1.06. The molecule has 0 bridgehead atoms. The fourth-order valence-electron chi connectivity index (χ4n) is 4.08. The number of aromatic carboxylic acids is 1. The summed E-state index contributed by atoms with van der Waals surface area (Å²) in [4.78, 5) is 26.6. The lowest BCUT2D eigenvalue weighted by molar-refractivity contribution is -0.384. The van der Waals surface area contributed by atoms with Crippen molar-refractivity contribution < 1.29 is 14.8 Å². The van der Waals surface area contributed by atoms with Gasteiger partial charge in [-0.25, -0.2) is 9.78 Å². The first-order valence-corrected chi connectivity index (χ1v) is 12.1. The van der Waals surface area contributed by atoms with Gasteiger partial charge in [-0.1, -0.05) is 59.6 Å². The Balaban J connectivity index is 1.59. The van der Waals surface area contributed by atoms with Crippen molar-refractivity contribution in [3.63, 3.8) is 0 Å². The van der Waals surface area contributed by atoms with Crippen molar-refractivity contribution in [1.82, 2.24) is 9.55 Å². The van der Waals surface area contributed by atoms with E-state index in [1.165, 1.54) is 12.1 Å². The summed E-state index contributed by atoms with van der Waals surface area (Å²) in [6.45, 7) is 0.375. The first-order chi connectivity index (χ1) is 17.7. The standard InChI is InChI=1S/C26H23Cl2N5O4/c27-18-6-7-20(21(28)14-18)17-13-23(26(34)35)32(15-17)11-10-19(12-16-4-2-1-3-5-16)30-24-9-8-22(33(36)37)25(29)31-24/h1-9,13-15,19H,10-12H2,(H,34,35)(H3,29,30,31). The number of rotatable bonds is 10. The van der Waals surface area contributed by atoms with E-state index in [0.717, 1.165) is 5.56 Å². The van der Waals surface area contributed by atoms with Gasteiger partial charge in [-0.2, -0.15) is 0 Å². The van der Waals surface area contributed by atoms with Crippen LogP contribution in [0.4, 0.5) is 17.3 Å². The van der Waals surface area contributed by atoms with Gasteiger partial charge in [0, 0.05) is 46.0 Å². The van der Waals surface area contributed by atoms with Crippen molar-refractivity contribution in [2.45, 2.75) is 25.4 Å². The number of pyridine rings is 1. The molecule has 2 aromatic carbocycles. The third-order valence-corrected chi connectivity index (χ3v) is 6.40. The maximum Gasteiger partial charge on any atom is 0.352 e. The molecule has 1 unspecified atom stereocenters. The maximum atomic E-state index is 12.0. The summed E-state index contributed by atoms with van der Waals surface area (Å²) in [7, 11) is 0. The minimum Gasteiger partial charge on any atom is -0.477 e. The highest BCUT2D eigenvalue weighted by Crippen LogP contribution is 2.32. The normalized spacial score (nSPS) is 11.7. The zero-order valence-electron chi connectivity index (χ0n) is 19.5. The number of halogens is 2. The fourth-order valence-corrected chi connectivity index (χ4v) is 4.59. The van der Waals surface area contributed by atoms with E-state index in [9.17, 15) is 20.0 Å². The summed E-state index contributed by atoms with van der Waals surface area (Å²) in [6, 6.07) is 19.0. The van der Waals surface area contributed by atoms with E-state index in [0.29, 0.717) is 46.4 Å². The van der Waals surface area contributed by atoms with Crippen LogP contribution >= 0.6 is 23.2 Å². The smallest absolute Gasteiger partial charge is 0.352 e. The molecular weight excluding hydrogens is 517 g/mol. The molecule has 0 aliphatic rings. The Labute approximate surface area is 222 Å². The number of anilines is 2. The predicted octanol–water partition coefficient (Wildman–Crippen LogP) is 6.16. The topological polar surface area (TPSA) is 136 Å². The number of aryl methyl sites for hydroxylation is 1. The van der Waals surface area contributed by atoms with Crippen molar-refractivity contribution >= 4 is 46.5 Å². The number of nitro groups is 1. The summed E-state index contributed by atoms with van der Waals surface area (Å²) in [5.41, 5.74) is 8.03. The van der Waals surface area contributed by atoms with Crippen LogP contribution in [0, 0.1) is 10.1 Å². The second-order valence-corrected chi connectivity index (χ2v) is 9.26. The average molecular weight is 540 g/mol. The van der Waals surface area contributed by atoms with Crippen molar-refractivity contribution in [2.24, 2.45) is 0 Å². The first kappa shape index (κ1) is 26.0. The van der Waals surface area contributed by atoms with Crippen LogP contribution in [0.25, 0.3) is 11.1 Å². The van der Waals surface area contributed by atoms with Gasteiger partial charge in [0.1, 0.15) is 11.5 Å². The van der Waals surface area contributed by atoms with Crippen LogP contribution in [0.1, 0.15) is 22.5 Å². The fraction of sp³-hybridized carbons (Fsp3) is 0.154. The van der Waals surface area contributed by atoms with E-state index < -0.39 is 10.9 Å². The van der Waals surface area contributed by atoms with Crippen LogP contribution < -0.4 is 11.1 Å². The molecule has 11 heteroatoms. The molecule has 0 amide bonds. The van der Waals surface area contributed by atoms with Gasteiger partial charge < -0.3 is 20.7 Å². The molecule has 0 aliphatic carbocycles. The Morgan fingerprint density at radius 3 is 2.54 bits per heavy atom. The predicted molar refractivity (Wildman–Crippen MR) is 144 cm³/mol. The second-order valence-electron chi connectivity index (χ2n) is 8.41. The molecule has 4 aromatic rings. The molecule has 4 N–H and O–H groups in total. The molecule has 9 nitrogen and oxygen atoms in total. The number of carbonyl (C=O) groups is 1. The number of nitrogens with zero attached hydrogens (tertiary/aromatic N) is 3. The van der Waals surface area contributed by atoms with Crippen LogP contribution in [0.3, 0.4) is 0 Å². The Hall–Kier alpha value is -4.08. The number of nitrogen functional groups attached to an aromatic ring is 1. The molecule has 0 fully saturated rings. The Bertz CT molecular complexity index is 1440. The van der Waals surface area contributed by atoms with E-state index in [1.54, 1.807) is 35.0 Å². The van der Waals surface area contributed by atoms with Crippen molar-refractivity contribution in [3.05, 3.63) is 104 Å². The Kier molecular flexibility index (Phi) is 7.95. The van der Waals surface area contributed by atoms with E-state index in [1.807, 2.05) is 30.3 Å². The van der Waals surface area contributed by atoms with E-state index >= 15 is 0 Å². The lowest BCUT2D eigenvalue weighted by Gasteiger charge is -2.20. The van der Waals surface area contributed by atoms with E-state index in [4.69, 9.17) is 28.9 Å². The summed E-state index contributed by atoms with van der Waals surface area (Å²) in [5.74, 6) is -0.853. The van der Waals surface area contributed by atoms with Gasteiger partial charge in [-0.15, -0.1) is 0 Å². The van der Waals surface area contributed by atoms with Crippen LogP contribution in [0.15, 0.2) is 72.9 Å². The lowest BCUT2D eigenvalue weighted by atomic mass is 10.0. The molecule has 1 atom stereocenters. The van der Waals surface area contributed by atoms with Gasteiger partial charge in [0.25, 0.3) is 0 Å². The number of carboxylic acid groups (broad SMARTS) is 1. The first-order valence-electron chi connectivity index (χ1n) is 11.3. The summed E-state index contributed by atoms with van der Waals surface area (Å²) < 4.78 is 1.67. The molecular formula is C26H23Cl2N5O4. The molecule has 0 saturated carbocycles. The van der Waals surface area contributed by atoms with Crippen molar-refractivity contribution in [2.75, 3.05) is 11.1 Å². The van der Waals surface area contributed by atoms with Crippen LogP contribution in [-0.4, -0.2) is 31.6 Å². The molecule has 0 aliphatic heterocycles. The summed E-state index contributed by atoms with van der Waals surface area (Å²) in [6.07, 6.45) is 2.88. The van der Waals surface area contributed by atoms with Gasteiger partial charge in [0.15, 0.2) is 0 Å². The molecule has 37 heavy (non-hydrogen) atoms. The SMILES string of the molecule is Nc1nc(NC(CCn2cc(-c3ccc(Cl)cc3Cl)cc2C(=O)O)Cc2ccccc2)ccc1[N+](=O)[O-]. The van der Waals surface area contributed by atoms with Crippen LogP contribution in [0.2, 0.25) is 10.0 Å². The molecule has 0 radical (unpaired) electrons. The maximum absolute atomic E-state index is 12.0. The third kappa shape index (κ3) is 6.38. The van der Waals surface area contributed by atoms with Gasteiger partial charge in [0.2, 0.25) is 5.82 Å². The van der Waals surface area contributed by atoms with Crippen LogP contribution in [0.5, 0.6) is 0 Å². The Morgan fingerprint density at radius 2 is 1.89 bits per heavy atom. The number of nitrogens with one attached hydrogen (secondary N) is 1. The molecule has 190 valence electrons. The number of nitrogens with two attached hydrogens (primary N) is 1. The molecule has 0 saturated heterocycles. The highest BCUT2D eigenvalue weighted by molar-refractivity contribution is 6.36. The summed E-state index contributed by atoms with van der Waals surface area (Å²) in [5, 5.41) is 25.1. The van der Waals surface area contributed by atoms with Crippen molar-refractivity contribution in [3.8, 4) is 11.1 Å². The van der Waals surface area contributed by atoms with Gasteiger partial charge in [-0.3, -0.25) is 10.1 Å². The highest BCUT2D eigenvalue weighted by Gasteiger charge is 2.19. The monoisotopic (exact) mass is 539 g/mol. The molecule has 4 rings (SSSR count). The van der Waals surface area contributed by atoms with E-state index in [-0.39, 0.29) is 23.2 Å². The van der Waals surface area contributed by atoms with Crippen molar-refractivity contribution in [1.29, 1.82) is 0 Å². The van der Waals surface area contributed by atoms with E-state index in [2.05, 4.69) is 10.3 Å². The van der Waals surface area contributed by atoms with Crippen LogP contribution in [-0.2, 0) is 13.0 Å². The second kappa shape index (κ2) is 11.3. The number of hydrogen-bond donors (Lipinski definition) is 3. The third-order valence-electron chi connectivity index (χ3n) is 5.85. The van der Waals surface area contributed by atoms with Gasteiger partial charge in [-0.05, 0) is 42.7 Å². The Morgan fingerprint density at radius 1 is 1.14 bits per heavy atom. The number of aromatic nitrogens is 2. The zero-order chi connectivity index (χ0) is 26.5. The molecule has 2 aromatic heterocycles. The highest BCUT2D eigenvalue weighted by atomic mass is 35.5. The van der Waals surface area contributed by atoms with Gasteiger partial charge >= 0.3 is 11.7 Å². The molecule has 2 heterocycles. The number of hydrogen-bond acceptors (Lipinski definition) is 6. The quantitative estimate of drug-likeness (QED) is 0.162. The average Bonchev–Trinajstić information content (AvgIpc) is 3.27. The molecule has 0 spiro atoms. The number of carboxylic acids is 1. The minimum absolute atomic E-state index is 0.122. The lowest BCUT2D eigenvalue weighted by Crippen LogP contribution is -2.25. The number of benzene rings is 2. The largest absolute Gasteiger partial charge is 0.477 e.